The van der Waals surface area contributed by atoms with Crippen LogP contribution in [0.3, 0.4) is 0 Å². The molecule has 0 aliphatic heterocycles. The summed E-state index contributed by atoms with van der Waals surface area (Å²) in [6, 6.07) is 3.24. The number of hydrogen-bond acceptors (Lipinski definition) is 3. The zero-order chi connectivity index (χ0) is 12.0. The van der Waals surface area contributed by atoms with Gasteiger partial charge in [0.2, 0.25) is 0 Å². The third-order valence-electron chi connectivity index (χ3n) is 1.86. The first-order chi connectivity index (χ1) is 7.51. The van der Waals surface area contributed by atoms with Gasteiger partial charge in [-0.1, -0.05) is 0 Å². The number of halogens is 3. The lowest BCUT2D eigenvalue weighted by atomic mass is 10.3. The topological polar surface area (TPSA) is 34.1 Å². The predicted molar refractivity (Wildman–Crippen MR) is 54.6 cm³/mol. The molecule has 0 fully saturated rings. The van der Waals surface area contributed by atoms with Crippen LogP contribution in [-0.4, -0.2) is 24.8 Å². The van der Waals surface area contributed by atoms with Crippen LogP contribution in [0.1, 0.15) is 12.8 Å². The third-order valence-corrected chi connectivity index (χ3v) is 1.86. The number of rotatable bonds is 5. The molecule has 0 saturated heterocycles. The van der Waals surface area contributed by atoms with E-state index in [4.69, 9.17) is 4.74 Å². The highest BCUT2D eigenvalue weighted by atomic mass is 19.4. The minimum atomic E-state index is -4.11. The Bertz CT molecular complexity index is 328. The van der Waals surface area contributed by atoms with E-state index < -0.39 is 12.6 Å². The monoisotopic (exact) mass is 234 g/mol. The Morgan fingerprint density at radius 1 is 1.44 bits per heavy atom. The lowest BCUT2D eigenvalue weighted by Crippen LogP contribution is -2.09. The summed E-state index contributed by atoms with van der Waals surface area (Å²) in [5.41, 5.74) is 0. The van der Waals surface area contributed by atoms with E-state index in [1.54, 1.807) is 19.2 Å². The molecule has 1 rings (SSSR count). The van der Waals surface area contributed by atoms with Crippen molar-refractivity contribution in [3.63, 3.8) is 0 Å². The molecular formula is C10H13F3N2O. The molecule has 0 atom stereocenters. The van der Waals surface area contributed by atoms with E-state index >= 15 is 0 Å². The van der Waals surface area contributed by atoms with Gasteiger partial charge in [0.1, 0.15) is 11.6 Å². The first-order valence-electron chi connectivity index (χ1n) is 4.84. The summed E-state index contributed by atoms with van der Waals surface area (Å²) in [6.45, 7) is 0.0483. The zero-order valence-electron chi connectivity index (χ0n) is 8.84. The van der Waals surface area contributed by atoms with Crippen LogP contribution in [0.2, 0.25) is 0 Å². The minimum Gasteiger partial charge on any atom is -0.493 e. The summed E-state index contributed by atoms with van der Waals surface area (Å²) in [6.07, 6.45) is -3.44. The van der Waals surface area contributed by atoms with Gasteiger partial charge in [0.15, 0.2) is 0 Å². The van der Waals surface area contributed by atoms with Crippen LogP contribution in [-0.2, 0) is 0 Å². The van der Waals surface area contributed by atoms with Gasteiger partial charge in [-0.25, -0.2) is 4.98 Å². The van der Waals surface area contributed by atoms with E-state index in [0.29, 0.717) is 11.6 Å². The summed E-state index contributed by atoms with van der Waals surface area (Å²) in [5.74, 6) is 1.13. The molecule has 0 radical (unpaired) electrons. The second kappa shape index (κ2) is 5.58. The van der Waals surface area contributed by atoms with Gasteiger partial charge in [0, 0.05) is 25.7 Å². The number of nitrogens with one attached hydrogen (secondary N) is 1. The molecule has 0 aliphatic rings. The van der Waals surface area contributed by atoms with E-state index in [9.17, 15) is 13.2 Å². The van der Waals surface area contributed by atoms with Crippen molar-refractivity contribution < 1.29 is 17.9 Å². The average Bonchev–Trinajstić information content (AvgIpc) is 2.23. The van der Waals surface area contributed by atoms with Crippen LogP contribution >= 0.6 is 0 Å². The molecule has 1 heterocycles. The summed E-state index contributed by atoms with van der Waals surface area (Å²) < 4.78 is 40.6. The standard InChI is InChI=1S/C10H13F3N2O/c1-14-9-7-8(3-5-15-9)16-6-2-4-10(11,12)13/h3,5,7H,2,4,6H2,1H3,(H,14,15). The van der Waals surface area contributed by atoms with Gasteiger partial charge in [0.05, 0.1) is 6.61 Å². The molecule has 0 spiro atoms. The number of pyridine rings is 1. The highest BCUT2D eigenvalue weighted by Gasteiger charge is 2.26. The Labute approximate surface area is 91.6 Å². The summed E-state index contributed by atoms with van der Waals surface area (Å²) in [4.78, 5) is 3.95. The third kappa shape index (κ3) is 4.86. The van der Waals surface area contributed by atoms with E-state index in [1.807, 2.05) is 0 Å². The first-order valence-corrected chi connectivity index (χ1v) is 4.84. The van der Waals surface area contributed by atoms with Crippen molar-refractivity contribution in [2.24, 2.45) is 0 Å². The molecule has 0 saturated carbocycles. The van der Waals surface area contributed by atoms with Gasteiger partial charge in [-0.2, -0.15) is 13.2 Å². The summed E-state index contributed by atoms with van der Waals surface area (Å²) in [7, 11) is 1.70. The maximum absolute atomic E-state index is 11.8. The Balaban J connectivity index is 2.32. The van der Waals surface area contributed by atoms with Crippen LogP contribution in [0.4, 0.5) is 19.0 Å². The molecule has 1 aromatic heterocycles. The number of alkyl halides is 3. The number of aromatic nitrogens is 1. The molecule has 6 heteroatoms. The highest BCUT2D eigenvalue weighted by Crippen LogP contribution is 2.21. The Kier molecular flexibility index (Phi) is 4.39. The van der Waals surface area contributed by atoms with Gasteiger partial charge < -0.3 is 10.1 Å². The SMILES string of the molecule is CNc1cc(OCCCC(F)(F)F)ccn1. The number of ether oxygens (including phenoxy) is 1. The van der Waals surface area contributed by atoms with Crippen LogP contribution in [0, 0.1) is 0 Å². The van der Waals surface area contributed by atoms with Crippen molar-refractivity contribution in [3.05, 3.63) is 18.3 Å². The Morgan fingerprint density at radius 3 is 2.81 bits per heavy atom. The highest BCUT2D eigenvalue weighted by molar-refractivity contribution is 5.39. The second-order valence-electron chi connectivity index (χ2n) is 3.19. The number of nitrogens with zero attached hydrogens (tertiary/aromatic N) is 1. The van der Waals surface area contributed by atoms with Gasteiger partial charge in [-0.05, 0) is 12.5 Å². The number of hydrogen-bond donors (Lipinski definition) is 1. The summed E-state index contributed by atoms with van der Waals surface area (Å²) in [5, 5.41) is 2.81. The van der Waals surface area contributed by atoms with E-state index in [0.717, 1.165) is 0 Å². The van der Waals surface area contributed by atoms with Gasteiger partial charge in [-0.15, -0.1) is 0 Å². The minimum absolute atomic E-state index is 0.0410. The normalized spacial score (nSPS) is 11.2. The van der Waals surface area contributed by atoms with E-state index in [1.165, 1.54) is 6.20 Å². The maximum Gasteiger partial charge on any atom is 0.389 e. The fourth-order valence-electron chi connectivity index (χ4n) is 1.10. The quantitative estimate of drug-likeness (QED) is 0.795. The second-order valence-corrected chi connectivity index (χ2v) is 3.19. The molecule has 0 aliphatic carbocycles. The van der Waals surface area contributed by atoms with Gasteiger partial charge in [-0.3, -0.25) is 0 Å². The first kappa shape index (κ1) is 12.6. The predicted octanol–water partition coefficient (Wildman–Crippen LogP) is 2.84. The van der Waals surface area contributed by atoms with Gasteiger partial charge in [0.25, 0.3) is 0 Å². The van der Waals surface area contributed by atoms with Crippen LogP contribution in [0.25, 0.3) is 0 Å². The van der Waals surface area contributed by atoms with Crippen molar-refractivity contribution in [2.45, 2.75) is 19.0 Å². The molecule has 3 nitrogen and oxygen atoms in total. The molecule has 0 amide bonds. The fourth-order valence-corrected chi connectivity index (χ4v) is 1.10. The molecule has 90 valence electrons. The molecule has 0 unspecified atom stereocenters. The molecule has 1 N–H and O–H groups in total. The Morgan fingerprint density at radius 2 is 2.19 bits per heavy atom. The van der Waals surface area contributed by atoms with Crippen molar-refractivity contribution in [2.75, 3.05) is 19.0 Å². The molecule has 0 bridgehead atoms. The van der Waals surface area contributed by atoms with Crippen LogP contribution < -0.4 is 10.1 Å². The average molecular weight is 234 g/mol. The summed E-state index contributed by atoms with van der Waals surface area (Å²) >= 11 is 0. The van der Waals surface area contributed by atoms with Crippen molar-refractivity contribution in [3.8, 4) is 5.75 Å². The van der Waals surface area contributed by atoms with E-state index in [-0.39, 0.29) is 13.0 Å². The van der Waals surface area contributed by atoms with Crippen LogP contribution in [0.15, 0.2) is 18.3 Å². The number of anilines is 1. The largest absolute Gasteiger partial charge is 0.493 e. The lowest BCUT2D eigenvalue weighted by molar-refractivity contribution is -0.136. The lowest BCUT2D eigenvalue weighted by Gasteiger charge is -2.08. The smallest absolute Gasteiger partial charge is 0.389 e. The molecule has 1 aromatic rings. The zero-order valence-corrected chi connectivity index (χ0v) is 8.84. The van der Waals surface area contributed by atoms with Crippen molar-refractivity contribution in [1.82, 2.24) is 4.98 Å². The Hall–Kier alpha value is -1.46. The molecular weight excluding hydrogens is 221 g/mol. The molecule has 16 heavy (non-hydrogen) atoms. The van der Waals surface area contributed by atoms with Crippen molar-refractivity contribution >= 4 is 5.82 Å². The molecule has 0 aromatic carbocycles. The van der Waals surface area contributed by atoms with Gasteiger partial charge >= 0.3 is 6.18 Å². The maximum atomic E-state index is 11.8. The van der Waals surface area contributed by atoms with Crippen LogP contribution in [0.5, 0.6) is 5.75 Å². The van der Waals surface area contributed by atoms with E-state index in [2.05, 4.69) is 10.3 Å². The fraction of sp³-hybridized carbons (Fsp3) is 0.500. The van der Waals surface area contributed by atoms with Crippen molar-refractivity contribution in [1.29, 1.82) is 0 Å².